The van der Waals surface area contributed by atoms with Gasteiger partial charge in [-0.05, 0) is 42.4 Å². The summed E-state index contributed by atoms with van der Waals surface area (Å²) in [4.78, 5) is 27.5. The third kappa shape index (κ3) is 3.27. The van der Waals surface area contributed by atoms with E-state index >= 15 is 0 Å². The van der Waals surface area contributed by atoms with Crippen LogP contribution in [0.15, 0.2) is 11.0 Å². The maximum atomic E-state index is 11.8. The molecule has 2 rings (SSSR count). The molecular weight excluding hydrogens is 333 g/mol. The molecule has 0 aliphatic heterocycles. The van der Waals surface area contributed by atoms with Gasteiger partial charge in [0.2, 0.25) is 5.91 Å². The Bertz CT molecular complexity index is 494. The lowest BCUT2D eigenvalue weighted by molar-refractivity contribution is -0.121. The van der Waals surface area contributed by atoms with Gasteiger partial charge >= 0.3 is 0 Å². The molecule has 0 radical (unpaired) electrons. The molecule has 1 heterocycles. The molecule has 1 aliphatic carbocycles. The Morgan fingerprint density at radius 3 is 3.00 bits per heavy atom. The highest BCUT2D eigenvalue weighted by atomic mass is 127. The molecule has 1 N–H and O–H groups in total. The third-order valence-electron chi connectivity index (χ3n) is 2.71. The number of hydrogen-bond donors (Lipinski definition) is 1. The molecule has 1 aromatic heterocycles. The van der Waals surface area contributed by atoms with Crippen molar-refractivity contribution in [3.05, 3.63) is 25.9 Å². The van der Waals surface area contributed by atoms with E-state index in [1.54, 1.807) is 17.7 Å². The first-order valence-electron chi connectivity index (χ1n) is 5.59. The van der Waals surface area contributed by atoms with Crippen LogP contribution in [-0.4, -0.2) is 21.5 Å². The minimum absolute atomic E-state index is 0.0117. The van der Waals surface area contributed by atoms with E-state index < -0.39 is 0 Å². The van der Waals surface area contributed by atoms with Gasteiger partial charge < -0.3 is 5.32 Å². The van der Waals surface area contributed by atoms with E-state index in [4.69, 9.17) is 0 Å². The number of carbonyl (C=O) groups is 1. The van der Waals surface area contributed by atoms with Gasteiger partial charge in [0, 0.05) is 25.2 Å². The average molecular weight is 347 g/mol. The number of nitrogens with zero attached hydrogens (tertiary/aromatic N) is 2. The van der Waals surface area contributed by atoms with Gasteiger partial charge in [0.1, 0.15) is 5.82 Å². The van der Waals surface area contributed by atoms with Crippen LogP contribution in [0.5, 0.6) is 0 Å². The molecule has 1 amide bonds. The molecule has 0 aromatic carbocycles. The van der Waals surface area contributed by atoms with Gasteiger partial charge in [0.15, 0.2) is 0 Å². The predicted octanol–water partition coefficient (Wildman–Crippen LogP) is 0.825. The van der Waals surface area contributed by atoms with Crippen molar-refractivity contribution in [3.8, 4) is 0 Å². The number of carbonyl (C=O) groups excluding carboxylic acids is 1. The Kier molecular flexibility index (Phi) is 3.80. The van der Waals surface area contributed by atoms with Gasteiger partial charge in [-0.25, -0.2) is 4.98 Å². The van der Waals surface area contributed by atoms with E-state index in [0.717, 1.165) is 12.8 Å². The van der Waals surface area contributed by atoms with Crippen molar-refractivity contribution in [1.29, 1.82) is 0 Å². The van der Waals surface area contributed by atoms with E-state index in [2.05, 4.69) is 10.3 Å². The smallest absolute Gasteiger partial charge is 0.266 e. The topological polar surface area (TPSA) is 64.0 Å². The predicted molar refractivity (Wildman–Crippen MR) is 71.7 cm³/mol. The Morgan fingerprint density at radius 1 is 1.65 bits per heavy atom. The number of halogens is 1. The molecule has 5 nitrogen and oxygen atoms in total. The molecule has 92 valence electrons. The second-order valence-corrected chi connectivity index (χ2v) is 5.36. The molecule has 1 saturated carbocycles. The van der Waals surface area contributed by atoms with Gasteiger partial charge in [0.05, 0.1) is 3.57 Å². The van der Waals surface area contributed by atoms with Crippen LogP contribution < -0.4 is 10.9 Å². The van der Waals surface area contributed by atoms with Crippen LogP contribution in [0, 0.1) is 10.5 Å². The zero-order valence-corrected chi connectivity index (χ0v) is 11.7. The quantitative estimate of drug-likeness (QED) is 0.821. The average Bonchev–Trinajstić information content (AvgIpc) is 3.07. The fourth-order valence-corrected chi connectivity index (χ4v) is 1.99. The molecule has 1 aromatic rings. The van der Waals surface area contributed by atoms with E-state index in [0.29, 0.717) is 28.4 Å². The number of aromatic nitrogens is 2. The summed E-state index contributed by atoms with van der Waals surface area (Å²) in [7, 11) is 0. The second-order valence-electron chi connectivity index (χ2n) is 4.20. The molecule has 1 fully saturated rings. The summed E-state index contributed by atoms with van der Waals surface area (Å²) in [6.45, 7) is 2.17. The molecule has 6 heteroatoms. The number of nitrogens with one attached hydrogen (secondary N) is 1. The lowest BCUT2D eigenvalue weighted by atomic mass is 10.3. The van der Waals surface area contributed by atoms with Crippen molar-refractivity contribution in [2.45, 2.75) is 38.8 Å². The summed E-state index contributed by atoms with van der Waals surface area (Å²) in [5.41, 5.74) is -0.0719. The number of aryl methyl sites for hydroxylation is 1. The van der Waals surface area contributed by atoms with Gasteiger partial charge in [0.25, 0.3) is 5.56 Å². The molecule has 0 bridgehead atoms. The second kappa shape index (κ2) is 5.16. The number of hydrogen-bond acceptors (Lipinski definition) is 3. The highest BCUT2D eigenvalue weighted by molar-refractivity contribution is 14.1. The Hall–Kier alpha value is -0.920. The third-order valence-corrected chi connectivity index (χ3v) is 3.45. The summed E-state index contributed by atoms with van der Waals surface area (Å²) in [5, 5.41) is 2.90. The van der Waals surface area contributed by atoms with Crippen molar-refractivity contribution in [1.82, 2.24) is 14.9 Å². The van der Waals surface area contributed by atoms with Crippen LogP contribution in [-0.2, 0) is 11.3 Å². The van der Waals surface area contributed by atoms with Gasteiger partial charge in [-0.2, -0.15) is 0 Å². The standard InChI is InChI=1S/C11H14IN3O2/c1-7-13-6-9(12)11(17)15(7)5-4-10(16)14-8-2-3-8/h6,8H,2-5H2,1H3,(H,14,16). The van der Waals surface area contributed by atoms with Gasteiger partial charge in [-0.1, -0.05) is 0 Å². The van der Waals surface area contributed by atoms with Gasteiger partial charge in [-0.3, -0.25) is 14.2 Å². The fraction of sp³-hybridized carbons (Fsp3) is 0.545. The zero-order chi connectivity index (χ0) is 12.4. The molecule has 0 spiro atoms. The largest absolute Gasteiger partial charge is 0.353 e. The van der Waals surface area contributed by atoms with Gasteiger partial charge in [-0.15, -0.1) is 0 Å². The highest BCUT2D eigenvalue weighted by Crippen LogP contribution is 2.18. The SMILES string of the molecule is Cc1ncc(I)c(=O)n1CCC(=O)NC1CC1. The van der Waals surface area contributed by atoms with Crippen molar-refractivity contribution >= 4 is 28.5 Å². The van der Waals surface area contributed by atoms with Crippen LogP contribution in [0.3, 0.4) is 0 Å². The number of rotatable bonds is 4. The minimum Gasteiger partial charge on any atom is -0.353 e. The lowest BCUT2D eigenvalue weighted by Gasteiger charge is -2.09. The van der Waals surface area contributed by atoms with Crippen LogP contribution in [0.2, 0.25) is 0 Å². The summed E-state index contributed by atoms with van der Waals surface area (Å²) in [6.07, 6.45) is 4.04. The van der Waals surface area contributed by atoms with E-state index in [1.165, 1.54) is 0 Å². The molecule has 0 saturated heterocycles. The van der Waals surface area contributed by atoms with Crippen LogP contribution in [0.1, 0.15) is 25.1 Å². The van der Waals surface area contributed by atoms with E-state index in [9.17, 15) is 9.59 Å². The molecule has 1 aliphatic rings. The van der Waals surface area contributed by atoms with Crippen molar-refractivity contribution in [2.24, 2.45) is 0 Å². The maximum absolute atomic E-state index is 11.8. The number of amides is 1. The van der Waals surface area contributed by atoms with Crippen molar-refractivity contribution < 1.29 is 4.79 Å². The first kappa shape index (κ1) is 12.5. The minimum atomic E-state index is -0.0719. The molecular formula is C11H14IN3O2. The fourth-order valence-electron chi connectivity index (χ4n) is 1.56. The lowest BCUT2D eigenvalue weighted by Crippen LogP contribution is -2.30. The van der Waals surface area contributed by atoms with Crippen LogP contribution in [0.4, 0.5) is 0 Å². The highest BCUT2D eigenvalue weighted by Gasteiger charge is 2.23. The van der Waals surface area contributed by atoms with E-state index in [1.807, 2.05) is 22.6 Å². The van der Waals surface area contributed by atoms with E-state index in [-0.39, 0.29) is 11.5 Å². The molecule has 0 atom stereocenters. The summed E-state index contributed by atoms with van der Waals surface area (Å²) >= 11 is 1.96. The zero-order valence-electron chi connectivity index (χ0n) is 9.57. The summed E-state index contributed by atoms with van der Waals surface area (Å²) in [6, 6.07) is 0.370. The van der Waals surface area contributed by atoms with Crippen LogP contribution in [0.25, 0.3) is 0 Å². The van der Waals surface area contributed by atoms with Crippen molar-refractivity contribution in [2.75, 3.05) is 0 Å². The molecule has 17 heavy (non-hydrogen) atoms. The first-order chi connectivity index (χ1) is 8.08. The summed E-state index contributed by atoms with van der Waals surface area (Å²) < 4.78 is 2.13. The molecule has 0 unspecified atom stereocenters. The van der Waals surface area contributed by atoms with Crippen LogP contribution >= 0.6 is 22.6 Å². The van der Waals surface area contributed by atoms with Crippen molar-refractivity contribution in [3.63, 3.8) is 0 Å². The Balaban J connectivity index is 2.00. The normalized spacial score (nSPS) is 14.7. The monoisotopic (exact) mass is 347 g/mol. The first-order valence-corrected chi connectivity index (χ1v) is 6.67. The Morgan fingerprint density at radius 2 is 2.35 bits per heavy atom. The maximum Gasteiger partial charge on any atom is 0.266 e. The Labute approximate surface area is 113 Å². The summed E-state index contributed by atoms with van der Waals surface area (Å²) in [5.74, 6) is 0.660.